The summed E-state index contributed by atoms with van der Waals surface area (Å²) >= 11 is 6.02. The van der Waals surface area contributed by atoms with Gasteiger partial charge in [-0.3, -0.25) is 14.9 Å². The molecule has 0 saturated heterocycles. The number of carbonyl (C=O) groups is 1. The Balaban J connectivity index is 1.87. The summed E-state index contributed by atoms with van der Waals surface area (Å²) < 4.78 is 0. The van der Waals surface area contributed by atoms with E-state index in [1.807, 2.05) is 0 Å². The number of nitro groups is 1. The molecule has 4 rings (SSSR count). The van der Waals surface area contributed by atoms with Crippen LogP contribution in [0.1, 0.15) is 34.9 Å². The summed E-state index contributed by atoms with van der Waals surface area (Å²) in [6, 6.07) is 9.67. The number of halogens is 1. The van der Waals surface area contributed by atoms with Crippen LogP contribution >= 0.6 is 11.6 Å². The van der Waals surface area contributed by atoms with Gasteiger partial charge < -0.3 is 15.3 Å². The van der Waals surface area contributed by atoms with Crippen LogP contribution in [0.15, 0.2) is 36.4 Å². The van der Waals surface area contributed by atoms with Gasteiger partial charge in [-0.15, -0.1) is 0 Å². The van der Waals surface area contributed by atoms with Crippen LogP contribution in [0.4, 0.5) is 11.4 Å². The molecular weight excluding hydrogens is 346 g/mol. The Kier molecular flexibility index (Phi) is 3.54. The number of nitrogens with one attached hydrogen (secondary N) is 1. The fraction of sp³-hybridized carbons (Fsp3) is 0.235. The van der Waals surface area contributed by atoms with Crippen molar-refractivity contribution in [3.63, 3.8) is 0 Å². The number of nitro benzene ring substituents is 1. The zero-order chi connectivity index (χ0) is 17.7. The van der Waals surface area contributed by atoms with E-state index in [0.29, 0.717) is 11.3 Å². The van der Waals surface area contributed by atoms with Crippen molar-refractivity contribution < 1.29 is 14.8 Å². The predicted molar refractivity (Wildman–Crippen MR) is 91.8 cm³/mol. The molecule has 0 aromatic heterocycles. The number of benzene rings is 2. The van der Waals surface area contributed by atoms with Gasteiger partial charge in [0.15, 0.2) is 0 Å². The van der Waals surface area contributed by atoms with Gasteiger partial charge >= 0.3 is 5.69 Å². The quantitative estimate of drug-likeness (QED) is 0.643. The SMILES string of the molecule is O=C1c2ccccc2N[C@@H](c2cc(Cl)cc([N+](=O)[O-])c2O)N1C1CC1. The molecule has 7 nitrogen and oxygen atoms in total. The Hall–Kier alpha value is -2.80. The fourth-order valence-electron chi connectivity index (χ4n) is 3.18. The molecule has 1 heterocycles. The van der Waals surface area contributed by atoms with Crippen LogP contribution in [0.5, 0.6) is 5.75 Å². The van der Waals surface area contributed by atoms with E-state index in [2.05, 4.69) is 5.32 Å². The Morgan fingerprint density at radius 2 is 2.00 bits per heavy atom. The molecule has 0 bridgehead atoms. The molecule has 1 amide bonds. The number of carbonyl (C=O) groups excluding carboxylic acids is 1. The van der Waals surface area contributed by atoms with Gasteiger partial charge in [-0.2, -0.15) is 0 Å². The number of fused-ring (bicyclic) bond motifs is 1. The van der Waals surface area contributed by atoms with Crippen LogP contribution in [0.2, 0.25) is 5.02 Å². The highest BCUT2D eigenvalue weighted by Crippen LogP contribution is 2.45. The van der Waals surface area contributed by atoms with E-state index in [4.69, 9.17) is 11.6 Å². The molecule has 1 atom stereocenters. The minimum absolute atomic E-state index is 0.0378. The zero-order valence-electron chi connectivity index (χ0n) is 13.0. The lowest BCUT2D eigenvalue weighted by Gasteiger charge is -2.38. The van der Waals surface area contributed by atoms with Crippen molar-refractivity contribution in [2.24, 2.45) is 0 Å². The van der Waals surface area contributed by atoms with Gasteiger partial charge in [-0.1, -0.05) is 23.7 Å². The largest absolute Gasteiger partial charge is 0.502 e. The lowest BCUT2D eigenvalue weighted by Crippen LogP contribution is -2.44. The number of phenols is 1. The summed E-state index contributed by atoms with van der Waals surface area (Å²) in [4.78, 5) is 25.1. The first-order valence-electron chi connectivity index (χ1n) is 7.82. The highest BCUT2D eigenvalue weighted by Gasteiger charge is 2.43. The summed E-state index contributed by atoms with van der Waals surface area (Å²) in [5.74, 6) is -0.645. The maximum atomic E-state index is 12.9. The van der Waals surface area contributed by atoms with Gasteiger partial charge in [0.05, 0.1) is 10.5 Å². The number of nitrogens with zero attached hydrogens (tertiary/aromatic N) is 2. The predicted octanol–water partition coefficient (Wildman–Crippen LogP) is 3.68. The third kappa shape index (κ3) is 2.56. The van der Waals surface area contributed by atoms with Gasteiger partial charge in [-0.05, 0) is 31.0 Å². The average Bonchev–Trinajstić information content (AvgIpc) is 3.41. The number of anilines is 1. The van der Waals surface area contributed by atoms with Gasteiger partial charge in [0.1, 0.15) is 6.17 Å². The Bertz CT molecular complexity index is 897. The Morgan fingerprint density at radius 3 is 2.68 bits per heavy atom. The second-order valence-corrected chi connectivity index (χ2v) is 6.59. The number of para-hydroxylation sites is 1. The number of hydrogen-bond donors (Lipinski definition) is 2. The van der Waals surface area contributed by atoms with Gasteiger partial charge in [0.2, 0.25) is 5.75 Å². The molecule has 2 aromatic carbocycles. The molecule has 0 unspecified atom stereocenters. The normalized spacial score (nSPS) is 19.3. The molecule has 1 saturated carbocycles. The van der Waals surface area contributed by atoms with E-state index in [1.165, 1.54) is 6.07 Å². The lowest BCUT2D eigenvalue weighted by molar-refractivity contribution is -0.386. The standard InChI is InChI=1S/C17H14ClN3O4/c18-9-7-12(15(22)14(8-9)21(24)25)16-19-13-4-2-1-3-11(13)17(23)20(16)10-5-6-10/h1-4,7-8,10,16,19,22H,5-6H2/t16-/m1/s1. The minimum Gasteiger partial charge on any atom is -0.502 e. The van der Waals surface area contributed by atoms with Crippen molar-refractivity contribution in [1.82, 2.24) is 4.90 Å². The van der Waals surface area contributed by atoms with Crippen LogP contribution in [-0.4, -0.2) is 26.9 Å². The summed E-state index contributed by atoms with van der Waals surface area (Å²) in [7, 11) is 0. The number of phenolic OH excluding ortho intramolecular Hbond substituents is 1. The van der Waals surface area contributed by atoms with Crippen molar-refractivity contribution in [3.8, 4) is 5.75 Å². The molecule has 1 aliphatic heterocycles. The van der Waals surface area contributed by atoms with Crippen molar-refractivity contribution in [1.29, 1.82) is 0 Å². The number of aromatic hydroxyl groups is 1. The molecule has 0 radical (unpaired) electrons. The van der Waals surface area contributed by atoms with E-state index in [1.54, 1.807) is 29.2 Å². The highest BCUT2D eigenvalue weighted by atomic mass is 35.5. The Morgan fingerprint density at radius 1 is 1.28 bits per heavy atom. The second-order valence-electron chi connectivity index (χ2n) is 6.16. The molecule has 0 spiro atoms. The number of amides is 1. The zero-order valence-corrected chi connectivity index (χ0v) is 13.7. The summed E-state index contributed by atoms with van der Waals surface area (Å²) in [5.41, 5.74) is 0.901. The first kappa shape index (κ1) is 15.7. The lowest BCUT2D eigenvalue weighted by atomic mass is 10.0. The summed E-state index contributed by atoms with van der Waals surface area (Å²) in [5, 5.41) is 24.9. The van der Waals surface area contributed by atoms with Crippen LogP contribution in [0.3, 0.4) is 0 Å². The third-order valence-electron chi connectivity index (χ3n) is 4.48. The van der Waals surface area contributed by atoms with E-state index in [0.717, 1.165) is 18.9 Å². The molecule has 2 N–H and O–H groups in total. The first-order valence-corrected chi connectivity index (χ1v) is 8.20. The monoisotopic (exact) mass is 359 g/mol. The van der Waals surface area contributed by atoms with Crippen molar-refractivity contribution >= 4 is 28.9 Å². The van der Waals surface area contributed by atoms with E-state index < -0.39 is 22.5 Å². The summed E-state index contributed by atoms with van der Waals surface area (Å²) in [6.45, 7) is 0. The molecular formula is C17H14ClN3O4. The number of hydrogen-bond acceptors (Lipinski definition) is 5. The molecule has 2 aliphatic rings. The maximum absolute atomic E-state index is 12.9. The topological polar surface area (TPSA) is 95.7 Å². The maximum Gasteiger partial charge on any atom is 0.312 e. The molecule has 8 heteroatoms. The van der Waals surface area contributed by atoms with Crippen LogP contribution in [0, 0.1) is 10.1 Å². The van der Waals surface area contributed by atoms with Crippen LogP contribution in [0.25, 0.3) is 0 Å². The van der Waals surface area contributed by atoms with Crippen LogP contribution < -0.4 is 5.32 Å². The van der Waals surface area contributed by atoms with Gasteiger partial charge in [-0.25, -0.2) is 0 Å². The highest BCUT2D eigenvalue weighted by molar-refractivity contribution is 6.31. The molecule has 2 aromatic rings. The van der Waals surface area contributed by atoms with Gasteiger partial charge in [0.25, 0.3) is 5.91 Å². The molecule has 1 fully saturated rings. The molecule has 25 heavy (non-hydrogen) atoms. The second kappa shape index (κ2) is 5.63. The number of rotatable bonds is 3. The van der Waals surface area contributed by atoms with E-state index in [9.17, 15) is 20.0 Å². The van der Waals surface area contributed by atoms with E-state index in [-0.39, 0.29) is 22.5 Å². The molecule has 128 valence electrons. The van der Waals surface area contributed by atoms with Crippen molar-refractivity contribution in [2.45, 2.75) is 25.0 Å². The third-order valence-corrected chi connectivity index (χ3v) is 4.70. The first-order chi connectivity index (χ1) is 12.0. The van der Waals surface area contributed by atoms with Crippen molar-refractivity contribution in [3.05, 3.63) is 62.7 Å². The molecule has 1 aliphatic carbocycles. The summed E-state index contributed by atoms with van der Waals surface area (Å²) in [6.07, 6.45) is 0.998. The smallest absolute Gasteiger partial charge is 0.312 e. The van der Waals surface area contributed by atoms with E-state index >= 15 is 0 Å². The average molecular weight is 360 g/mol. The van der Waals surface area contributed by atoms with Gasteiger partial charge in [0, 0.05) is 28.4 Å². The minimum atomic E-state index is -0.715. The van der Waals surface area contributed by atoms with Crippen LogP contribution in [-0.2, 0) is 0 Å². The fourth-order valence-corrected chi connectivity index (χ4v) is 3.40. The Labute approximate surface area is 148 Å². The van der Waals surface area contributed by atoms with Crippen molar-refractivity contribution in [2.75, 3.05) is 5.32 Å².